The molecule has 6 nitrogen and oxygen atoms in total. The molecule has 0 saturated carbocycles. The van der Waals surface area contributed by atoms with Crippen LogP contribution in [0.3, 0.4) is 0 Å². The van der Waals surface area contributed by atoms with E-state index in [9.17, 15) is 9.59 Å². The zero-order valence-corrected chi connectivity index (χ0v) is 11.7. The van der Waals surface area contributed by atoms with Crippen molar-refractivity contribution in [3.8, 4) is 6.07 Å². The normalized spacial score (nSPS) is 9.79. The average Bonchev–Trinajstić information content (AvgIpc) is 2.32. The second kappa shape index (κ2) is 6.20. The minimum Gasteiger partial charge on any atom is -0.351 e. The summed E-state index contributed by atoms with van der Waals surface area (Å²) < 4.78 is 0. The number of rotatable bonds is 3. The Morgan fingerprint density at radius 1 is 1.37 bits per heavy atom. The number of pyridine rings is 1. The maximum absolute atomic E-state index is 11.3. The SMILES string of the molecule is Cc1nc(SCC(=O)NC(N)=O)c(C#N)c(C)c1C. The predicted octanol–water partition coefficient (Wildman–Crippen LogP) is 1.17. The van der Waals surface area contributed by atoms with Gasteiger partial charge in [0, 0.05) is 5.69 Å². The fourth-order valence-corrected chi connectivity index (χ4v) is 2.34. The lowest BCUT2D eigenvalue weighted by atomic mass is 10.1. The van der Waals surface area contributed by atoms with E-state index in [1.54, 1.807) is 0 Å². The minimum absolute atomic E-state index is 0.0213. The fraction of sp³-hybridized carbons (Fsp3) is 0.333. The Labute approximate surface area is 115 Å². The number of nitrogens with zero attached hydrogens (tertiary/aromatic N) is 2. The van der Waals surface area contributed by atoms with Crippen molar-refractivity contribution in [2.75, 3.05) is 5.75 Å². The van der Waals surface area contributed by atoms with E-state index in [4.69, 9.17) is 11.0 Å². The van der Waals surface area contributed by atoms with Gasteiger partial charge in [-0.2, -0.15) is 5.26 Å². The first-order valence-electron chi connectivity index (χ1n) is 5.46. The number of imide groups is 1. The Morgan fingerprint density at radius 2 is 2.00 bits per heavy atom. The lowest BCUT2D eigenvalue weighted by molar-refractivity contribution is -0.117. The number of carbonyl (C=O) groups is 2. The molecule has 19 heavy (non-hydrogen) atoms. The van der Waals surface area contributed by atoms with Gasteiger partial charge in [0.2, 0.25) is 5.91 Å². The van der Waals surface area contributed by atoms with Crippen molar-refractivity contribution in [3.05, 3.63) is 22.4 Å². The summed E-state index contributed by atoms with van der Waals surface area (Å²) in [5.74, 6) is -0.536. The first-order valence-corrected chi connectivity index (χ1v) is 6.45. The molecular weight excluding hydrogens is 264 g/mol. The summed E-state index contributed by atoms with van der Waals surface area (Å²) in [6.45, 7) is 5.58. The van der Waals surface area contributed by atoms with Crippen LogP contribution < -0.4 is 11.1 Å². The lowest BCUT2D eigenvalue weighted by Gasteiger charge is -2.10. The fourth-order valence-electron chi connectivity index (χ4n) is 1.45. The van der Waals surface area contributed by atoms with Gasteiger partial charge in [0.25, 0.3) is 0 Å². The zero-order valence-electron chi connectivity index (χ0n) is 10.9. The molecule has 0 radical (unpaired) electrons. The highest BCUT2D eigenvalue weighted by atomic mass is 32.2. The molecule has 0 atom stereocenters. The number of hydrogen-bond donors (Lipinski definition) is 2. The van der Waals surface area contributed by atoms with E-state index in [1.165, 1.54) is 0 Å². The van der Waals surface area contributed by atoms with Gasteiger partial charge in [-0.1, -0.05) is 11.8 Å². The third-order valence-electron chi connectivity index (χ3n) is 2.68. The van der Waals surface area contributed by atoms with Crippen LogP contribution in [0.4, 0.5) is 4.79 Å². The van der Waals surface area contributed by atoms with Gasteiger partial charge in [0.1, 0.15) is 11.1 Å². The van der Waals surface area contributed by atoms with E-state index < -0.39 is 11.9 Å². The summed E-state index contributed by atoms with van der Waals surface area (Å²) >= 11 is 1.11. The summed E-state index contributed by atoms with van der Waals surface area (Å²) in [6, 6.07) is 1.20. The molecule has 0 aliphatic carbocycles. The summed E-state index contributed by atoms with van der Waals surface area (Å²) in [5.41, 5.74) is 7.93. The number of hydrogen-bond acceptors (Lipinski definition) is 5. The standard InChI is InChI=1S/C12H14N4O2S/c1-6-7(2)9(4-13)11(15-8(6)3)19-5-10(17)16-12(14)18/h5H2,1-3H3,(H3,14,16,17,18). The molecule has 0 bridgehead atoms. The van der Waals surface area contributed by atoms with Crippen LogP contribution in [0.15, 0.2) is 5.03 Å². The summed E-state index contributed by atoms with van der Waals surface area (Å²) in [7, 11) is 0. The third-order valence-corrected chi connectivity index (χ3v) is 3.65. The van der Waals surface area contributed by atoms with Crippen molar-refractivity contribution >= 4 is 23.7 Å². The van der Waals surface area contributed by atoms with Gasteiger partial charge in [-0.05, 0) is 31.9 Å². The number of carbonyl (C=O) groups excluding carboxylic acids is 2. The molecule has 1 aromatic rings. The van der Waals surface area contributed by atoms with Crippen LogP contribution >= 0.6 is 11.8 Å². The van der Waals surface area contributed by atoms with Crippen LogP contribution in [0.2, 0.25) is 0 Å². The Bertz CT molecular complexity index is 578. The van der Waals surface area contributed by atoms with Gasteiger partial charge in [0.15, 0.2) is 0 Å². The van der Waals surface area contributed by atoms with Crippen molar-refractivity contribution in [2.24, 2.45) is 5.73 Å². The van der Waals surface area contributed by atoms with Crippen LogP contribution in [0.5, 0.6) is 0 Å². The Balaban J connectivity index is 2.94. The zero-order chi connectivity index (χ0) is 14.6. The number of aromatic nitrogens is 1. The van der Waals surface area contributed by atoms with Crippen LogP contribution in [0.25, 0.3) is 0 Å². The predicted molar refractivity (Wildman–Crippen MR) is 71.6 cm³/mol. The minimum atomic E-state index is -0.893. The van der Waals surface area contributed by atoms with E-state index in [0.717, 1.165) is 28.6 Å². The van der Waals surface area contributed by atoms with Gasteiger partial charge in [0.05, 0.1) is 11.3 Å². The number of nitrogens with two attached hydrogens (primary N) is 1. The van der Waals surface area contributed by atoms with E-state index in [1.807, 2.05) is 26.1 Å². The highest BCUT2D eigenvalue weighted by Gasteiger charge is 2.14. The van der Waals surface area contributed by atoms with Crippen LogP contribution in [0.1, 0.15) is 22.4 Å². The number of primary amides is 1. The molecule has 0 aromatic carbocycles. The van der Waals surface area contributed by atoms with E-state index in [-0.39, 0.29) is 5.75 Å². The molecule has 0 fully saturated rings. The number of urea groups is 1. The lowest BCUT2D eigenvalue weighted by Crippen LogP contribution is -2.36. The molecule has 1 rings (SSSR count). The molecule has 0 aliphatic rings. The largest absolute Gasteiger partial charge is 0.351 e. The van der Waals surface area contributed by atoms with Gasteiger partial charge < -0.3 is 5.73 Å². The highest BCUT2D eigenvalue weighted by Crippen LogP contribution is 2.26. The molecule has 3 N–H and O–H groups in total. The van der Waals surface area contributed by atoms with E-state index in [0.29, 0.717) is 10.6 Å². The molecule has 100 valence electrons. The summed E-state index contributed by atoms with van der Waals surface area (Å²) in [6.07, 6.45) is 0. The number of thioether (sulfide) groups is 1. The molecule has 0 spiro atoms. The summed E-state index contributed by atoms with van der Waals surface area (Å²) in [4.78, 5) is 26.1. The molecule has 0 unspecified atom stereocenters. The number of nitrogens with one attached hydrogen (secondary N) is 1. The van der Waals surface area contributed by atoms with Gasteiger partial charge in [-0.15, -0.1) is 0 Å². The third kappa shape index (κ3) is 3.69. The number of amides is 3. The first kappa shape index (κ1) is 15.0. The van der Waals surface area contributed by atoms with Gasteiger partial charge in [-0.25, -0.2) is 9.78 Å². The second-order valence-corrected chi connectivity index (χ2v) is 4.90. The van der Waals surface area contributed by atoms with E-state index in [2.05, 4.69) is 11.1 Å². The van der Waals surface area contributed by atoms with Crippen molar-refractivity contribution in [1.82, 2.24) is 10.3 Å². The molecule has 0 saturated heterocycles. The van der Waals surface area contributed by atoms with Crippen molar-refractivity contribution < 1.29 is 9.59 Å². The average molecular weight is 278 g/mol. The quantitative estimate of drug-likeness (QED) is 0.806. The second-order valence-electron chi connectivity index (χ2n) is 3.94. The van der Waals surface area contributed by atoms with Crippen molar-refractivity contribution in [3.63, 3.8) is 0 Å². The van der Waals surface area contributed by atoms with E-state index >= 15 is 0 Å². The molecule has 3 amide bonds. The van der Waals surface area contributed by atoms with Gasteiger partial charge >= 0.3 is 6.03 Å². The summed E-state index contributed by atoms with van der Waals surface area (Å²) in [5, 5.41) is 11.6. The molecule has 1 aromatic heterocycles. The first-order chi connectivity index (χ1) is 8.86. The monoisotopic (exact) mass is 278 g/mol. The smallest absolute Gasteiger partial charge is 0.318 e. The molecule has 7 heteroatoms. The Hall–Kier alpha value is -2.07. The number of aryl methyl sites for hydroxylation is 1. The van der Waals surface area contributed by atoms with Crippen LogP contribution in [-0.4, -0.2) is 22.7 Å². The molecular formula is C12H14N4O2S. The highest BCUT2D eigenvalue weighted by molar-refractivity contribution is 8.00. The van der Waals surface area contributed by atoms with Gasteiger partial charge in [-0.3, -0.25) is 10.1 Å². The van der Waals surface area contributed by atoms with Crippen LogP contribution in [-0.2, 0) is 4.79 Å². The topological polar surface area (TPSA) is 109 Å². The van der Waals surface area contributed by atoms with Crippen LogP contribution in [0, 0.1) is 32.1 Å². The van der Waals surface area contributed by atoms with Crippen molar-refractivity contribution in [2.45, 2.75) is 25.8 Å². The maximum Gasteiger partial charge on any atom is 0.318 e. The Kier molecular flexibility index (Phi) is 4.89. The number of nitriles is 1. The maximum atomic E-state index is 11.3. The molecule has 0 aliphatic heterocycles. The molecule has 1 heterocycles. The Morgan fingerprint density at radius 3 is 2.53 bits per heavy atom. The van der Waals surface area contributed by atoms with Crippen molar-refractivity contribution in [1.29, 1.82) is 5.26 Å².